The normalized spacial score (nSPS) is 17.7. The molecule has 2 saturated heterocycles. The van der Waals surface area contributed by atoms with E-state index in [4.69, 9.17) is 0 Å². The van der Waals surface area contributed by atoms with Crippen LogP contribution in [-0.2, 0) is 22.9 Å². The minimum atomic E-state index is -3.27. The standard InChI is InChI=1S/C40H52N4O3S/c1-26(2)30-22-31(27(3)4)24-32(23-30)39-36(19-21-41-20-7-6-8-28-9-12-33(13-10-28)43-48(5,46)47)37-25-29(11-18-38(37)42-39)40(45)44-34-14-15-35(44)17-16-34/h9-13,18,22-27,34-35,41-43H,6-8,14-17,19-21H2,1-5H3. The van der Waals surface area contributed by atoms with Gasteiger partial charge in [-0.1, -0.05) is 45.9 Å². The van der Waals surface area contributed by atoms with E-state index in [9.17, 15) is 13.2 Å². The molecule has 3 heterocycles. The van der Waals surface area contributed by atoms with Crippen molar-refractivity contribution < 1.29 is 13.2 Å². The second-order valence-electron chi connectivity index (χ2n) is 14.6. The average Bonchev–Trinajstić information content (AvgIpc) is 3.76. The van der Waals surface area contributed by atoms with Crippen LogP contribution in [0.4, 0.5) is 5.69 Å². The van der Waals surface area contributed by atoms with E-state index in [1.54, 1.807) is 0 Å². The summed E-state index contributed by atoms with van der Waals surface area (Å²) in [5, 5.41) is 4.84. The van der Waals surface area contributed by atoms with Crippen LogP contribution in [0.1, 0.15) is 111 Å². The third-order valence-electron chi connectivity index (χ3n) is 10.3. The van der Waals surface area contributed by atoms with Gasteiger partial charge in [0.1, 0.15) is 0 Å². The zero-order valence-electron chi connectivity index (χ0n) is 29.2. The Labute approximate surface area is 287 Å². The largest absolute Gasteiger partial charge is 0.354 e. The lowest BCUT2D eigenvalue weighted by atomic mass is 9.91. The van der Waals surface area contributed by atoms with E-state index in [1.807, 2.05) is 30.3 Å². The van der Waals surface area contributed by atoms with E-state index in [-0.39, 0.29) is 5.91 Å². The molecule has 0 saturated carbocycles. The molecule has 0 spiro atoms. The molecule has 2 aliphatic rings. The molecule has 1 amide bonds. The number of aryl methyl sites for hydroxylation is 1. The number of rotatable bonds is 14. The molecule has 0 aliphatic carbocycles. The first-order valence-corrected chi connectivity index (χ1v) is 19.8. The number of anilines is 1. The van der Waals surface area contributed by atoms with Crippen LogP contribution in [0.2, 0.25) is 0 Å². The number of nitrogens with zero attached hydrogens (tertiary/aromatic N) is 1. The fourth-order valence-electron chi connectivity index (χ4n) is 7.64. The molecule has 48 heavy (non-hydrogen) atoms. The summed E-state index contributed by atoms with van der Waals surface area (Å²) >= 11 is 0. The van der Waals surface area contributed by atoms with E-state index in [0.29, 0.717) is 29.6 Å². The number of H-pyrrole nitrogens is 1. The van der Waals surface area contributed by atoms with Crippen LogP contribution in [0.5, 0.6) is 0 Å². The molecule has 2 fully saturated rings. The highest BCUT2D eigenvalue weighted by Gasteiger charge is 2.42. The zero-order chi connectivity index (χ0) is 34.0. The van der Waals surface area contributed by atoms with Crippen molar-refractivity contribution in [3.63, 3.8) is 0 Å². The van der Waals surface area contributed by atoms with Crippen molar-refractivity contribution in [3.05, 3.63) is 88.5 Å². The smallest absolute Gasteiger partial charge is 0.254 e. The molecule has 3 N–H and O–H groups in total. The number of hydrogen-bond donors (Lipinski definition) is 3. The Hall–Kier alpha value is -3.62. The lowest BCUT2D eigenvalue weighted by Gasteiger charge is -2.22. The van der Waals surface area contributed by atoms with Gasteiger partial charge in [0.15, 0.2) is 0 Å². The summed E-state index contributed by atoms with van der Waals surface area (Å²) in [5.41, 5.74) is 10.0. The van der Waals surface area contributed by atoms with Crippen molar-refractivity contribution in [2.75, 3.05) is 24.1 Å². The van der Waals surface area contributed by atoms with Gasteiger partial charge in [-0.15, -0.1) is 0 Å². The number of benzene rings is 3. The number of amides is 1. The number of unbranched alkanes of at least 4 members (excludes halogenated alkanes) is 1. The van der Waals surface area contributed by atoms with Gasteiger partial charge < -0.3 is 15.2 Å². The molecular formula is C40H52N4O3S. The van der Waals surface area contributed by atoms with Gasteiger partial charge in [0, 0.05) is 39.9 Å². The predicted molar refractivity (Wildman–Crippen MR) is 199 cm³/mol. The lowest BCUT2D eigenvalue weighted by Crippen LogP contribution is -2.35. The summed E-state index contributed by atoms with van der Waals surface area (Å²) in [6.07, 6.45) is 9.65. The van der Waals surface area contributed by atoms with Crippen molar-refractivity contribution >= 4 is 32.5 Å². The Balaban J connectivity index is 1.17. The van der Waals surface area contributed by atoms with Gasteiger partial charge in [0.2, 0.25) is 10.0 Å². The predicted octanol–water partition coefficient (Wildman–Crippen LogP) is 8.38. The summed E-state index contributed by atoms with van der Waals surface area (Å²) in [4.78, 5) is 19.8. The number of carbonyl (C=O) groups excluding carboxylic acids is 1. The highest BCUT2D eigenvalue weighted by molar-refractivity contribution is 7.92. The maximum absolute atomic E-state index is 13.8. The Kier molecular flexibility index (Phi) is 10.3. The summed E-state index contributed by atoms with van der Waals surface area (Å²) in [6, 6.07) is 21.8. The van der Waals surface area contributed by atoms with Crippen LogP contribution in [0.25, 0.3) is 22.2 Å². The van der Waals surface area contributed by atoms with E-state index < -0.39 is 10.0 Å². The molecule has 2 aliphatic heterocycles. The Morgan fingerprint density at radius 3 is 2.08 bits per heavy atom. The molecule has 0 unspecified atom stereocenters. The van der Waals surface area contributed by atoms with Crippen LogP contribution < -0.4 is 10.0 Å². The fourth-order valence-corrected chi connectivity index (χ4v) is 8.20. The van der Waals surface area contributed by atoms with Gasteiger partial charge >= 0.3 is 0 Å². The van der Waals surface area contributed by atoms with Crippen LogP contribution in [0.15, 0.2) is 60.7 Å². The van der Waals surface area contributed by atoms with Crippen molar-refractivity contribution in [2.24, 2.45) is 0 Å². The molecule has 0 atom stereocenters. The number of carbonyl (C=O) groups is 1. The first kappa shape index (κ1) is 34.3. The van der Waals surface area contributed by atoms with E-state index >= 15 is 0 Å². The quantitative estimate of drug-likeness (QED) is 0.118. The zero-order valence-corrected chi connectivity index (χ0v) is 30.1. The molecule has 2 bridgehead atoms. The minimum Gasteiger partial charge on any atom is -0.354 e. The monoisotopic (exact) mass is 668 g/mol. The van der Waals surface area contributed by atoms with Gasteiger partial charge in [0.05, 0.1) is 6.26 Å². The molecule has 6 rings (SSSR count). The van der Waals surface area contributed by atoms with Gasteiger partial charge in [0.25, 0.3) is 5.91 Å². The average molecular weight is 669 g/mol. The summed E-state index contributed by atoms with van der Waals surface area (Å²) in [5.74, 6) is 1.05. The third-order valence-corrected chi connectivity index (χ3v) is 10.9. The maximum atomic E-state index is 13.8. The number of aromatic amines is 1. The molecule has 1 aromatic heterocycles. The number of hydrogen-bond acceptors (Lipinski definition) is 4. The van der Waals surface area contributed by atoms with E-state index in [2.05, 4.69) is 77.9 Å². The van der Waals surface area contributed by atoms with Crippen molar-refractivity contribution in [3.8, 4) is 11.3 Å². The van der Waals surface area contributed by atoms with E-state index in [0.717, 1.165) is 92.9 Å². The van der Waals surface area contributed by atoms with Crippen molar-refractivity contribution in [2.45, 2.75) is 103 Å². The number of aromatic nitrogens is 1. The van der Waals surface area contributed by atoms with Gasteiger partial charge in [-0.05, 0) is 147 Å². The second kappa shape index (κ2) is 14.5. The third kappa shape index (κ3) is 7.81. The first-order valence-electron chi connectivity index (χ1n) is 17.9. The van der Waals surface area contributed by atoms with Gasteiger partial charge in [-0.3, -0.25) is 9.52 Å². The van der Waals surface area contributed by atoms with Gasteiger partial charge in [-0.25, -0.2) is 8.42 Å². The molecule has 4 aromatic rings. The van der Waals surface area contributed by atoms with Crippen LogP contribution in [-0.4, -0.2) is 55.6 Å². The fraction of sp³-hybridized carbons (Fsp3) is 0.475. The highest BCUT2D eigenvalue weighted by Crippen LogP contribution is 2.39. The first-order chi connectivity index (χ1) is 23.0. The Morgan fingerprint density at radius 2 is 1.48 bits per heavy atom. The van der Waals surface area contributed by atoms with Crippen LogP contribution in [0.3, 0.4) is 0 Å². The van der Waals surface area contributed by atoms with Crippen molar-refractivity contribution in [1.29, 1.82) is 0 Å². The number of sulfonamides is 1. The highest BCUT2D eigenvalue weighted by atomic mass is 32.2. The summed E-state index contributed by atoms with van der Waals surface area (Å²) < 4.78 is 25.5. The molecular weight excluding hydrogens is 617 g/mol. The summed E-state index contributed by atoms with van der Waals surface area (Å²) in [6.45, 7) is 10.8. The molecule has 3 aromatic carbocycles. The van der Waals surface area contributed by atoms with Crippen LogP contribution >= 0.6 is 0 Å². The van der Waals surface area contributed by atoms with Crippen molar-refractivity contribution in [1.82, 2.24) is 15.2 Å². The van der Waals surface area contributed by atoms with E-state index in [1.165, 1.54) is 27.8 Å². The molecule has 0 radical (unpaired) electrons. The topological polar surface area (TPSA) is 94.3 Å². The second-order valence-corrected chi connectivity index (χ2v) is 16.4. The Morgan fingerprint density at radius 1 is 0.833 bits per heavy atom. The summed E-state index contributed by atoms with van der Waals surface area (Å²) in [7, 11) is -3.27. The van der Waals surface area contributed by atoms with Gasteiger partial charge in [-0.2, -0.15) is 0 Å². The molecule has 256 valence electrons. The minimum absolute atomic E-state index is 0.193. The molecule has 7 nitrogen and oxygen atoms in total. The number of fused-ring (bicyclic) bond motifs is 3. The number of nitrogens with one attached hydrogen (secondary N) is 3. The van der Waals surface area contributed by atoms with Crippen LogP contribution in [0, 0.1) is 0 Å². The lowest BCUT2D eigenvalue weighted by molar-refractivity contribution is 0.0730. The molecule has 8 heteroatoms. The Bertz CT molecular complexity index is 1810. The maximum Gasteiger partial charge on any atom is 0.254 e. The SMILES string of the molecule is CC(C)c1cc(-c2[nH]c3ccc(C(=O)N4C5CCC4CC5)cc3c2CCNCCCCc2ccc(NS(C)(=O)=O)cc2)cc(C(C)C)c1.